The first kappa shape index (κ1) is 16.1. The average Bonchev–Trinajstić information content (AvgIpc) is 2.70. The molecule has 1 aromatic rings. The minimum Gasteiger partial charge on any atom is -0.345 e. The minimum atomic E-state index is -3.23. The molecule has 19 heavy (non-hydrogen) atoms. The smallest absolute Gasteiger partial charge is 0.223 e. The van der Waals surface area contributed by atoms with Gasteiger partial charge in [-0.15, -0.1) is 11.3 Å². The number of nitrogens with one attached hydrogen (secondary N) is 1. The first-order chi connectivity index (χ1) is 8.79. The molecule has 6 nitrogen and oxygen atoms in total. The number of aromatic nitrogens is 1. The van der Waals surface area contributed by atoms with Crippen LogP contribution in [-0.4, -0.2) is 50.6 Å². The monoisotopic (exact) mass is 305 g/mol. The largest absolute Gasteiger partial charge is 0.345 e. The zero-order valence-electron chi connectivity index (χ0n) is 11.3. The lowest BCUT2D eigenvalue weighted by atomic mass is 10.3. The van der Waals surface area contributed by atoms with Crippen LogP contribution in [0.1, 0.15) is 17.0 Å². The first-order valence-corrected chi connectivity index (χ1v) is 8.64. The summed E-state index contributed by atoms with van der Waals surface area (Å²) >= 11 is 1.58. The van der Waals surface area contributed by atoms with Crippen LogP contribution in [0.4, 0.5) is 0 Å². The van der Waals surface area contributed by atoms with Gasteiger partial charge in [-0.1, -0.05) is 0 Å². The van der Waals surface area contributed by atoms with Crippen LogP contribution in [0, 0.1) is 6.92 Å². The Balaban J connectivity index is 2.31. The summed E-state index contributed by atoms with van der Waals surface area (Å²) in [5, 5.41) is 0. The van der Waals surface area contributed by atoms with Crippen molar-refractivity contribution in [2.75, 3.05) is 26.4 Å². The summed E-state index contributed by atoms with van der Waals surface area (Å²) in [7, 11) is -1.50. The molecule has 1 N–H and O–H groups in total. The maximum atomic E-state index is 11.8. The molecule has 0 saturated heterocycles. The maximum absolute atomic E-state index is 11.8. The van der Waals surface area contributed by atoms with Crippen LogP contribution in [0.2, 0.25) is 0 Å². The number of aryl methyl sites for hydroxylation is 1. The van der Waals surface area contributed by atoms with Gasteiger partial charge in [0.2, 0.25) is 15.9 Å². The zero-order valence-corrected chi connectivity index (χ0v) is 13.0. The molecule has 0 atom stereocenters. The van der Waals surface area contributed by atoms with Gasteiger partial charge in [-0.2, -0.15) is 0 Å². The molecule has 0 aliphatic rings. The Morgan fingerprint density at radius 3 is 2.74 bits per heavy atom. The van der Waals surface area contributed by atoms with Gasteiger partial charge in [-0.05, 0) is 6.92 Å². The van der Waals surface area contributed by atoms with Crippen molar-refractivity contribution in [3.05, 3.63) is 16.1 Å². The van der Waals surface area contributed by atoms with Crippen LogP contribution in [0.3, 0.4) is 0 Å². The first-order valence-electron chi connectivity index (χ1n) is 5.87. The number of rotatable bonds is 7. The minimum absolute atomic E-state index is 0.0710. The third-order valence-corrected chi connectivity index (χ3v) is 4.37. The molecule has 8 heteroatoms. The Morgan fingerprint density at radius 2 is 2.21 bits per heavy atom. The van der Waals surface area contributed by atoms with Crippen molar-refractivity contribution in [3.8, 4) is 0 Å². The number of likely N-dealkylation sites (N-methyl/N-ethyl adjacent to an activating group) is 1. The Hall–Kier alpha value is -0.990. The highest BCUT2D eigenvalue weighted by atomic mass is 32.2. The predicted molar refractivity (Wildman–Crippen MR) is 75.7 cm³/mol. The number of carbonyl (C=O) groups is 1. The molecule has 0 saturated carbocycles. The second-order valence-corrected chi connectivity index (χ2v) is 7.12. The lowest BCUT2D eigenvalue weighted by molar-refractivity contribution is -0.129. The van der Waals surface area contributed by atoms with Crippen LogP contribution in [0.15, 0.2) is 5.51 Å². The summed E-state index contributed by atoms with van der Waals surface area (Å²) in [6.45, 7) is 2.70. The van der Waals surface area contributed by atoms with Crippen LogP contribution in [-0.2, 0) is 21.2 Å². The summed E-state index contributed by atoms with van der Waals surface area (Å²) < 4.78 is 24.0. The van der Waals surface area contributed by atoms with Gasteiger partial charge < -0.3 is 4.90 Å². The van der Waals surface area contributed by atoms with E-state index in [0.717, 1.165) is 18.4 Å². The number of carbonyl (C=O) groups excluding carboxylic acids is 1. The van der Waals surface area contributed by atoms with Crippen molar-refractivity contribution >= 4 is 27.3 Å². The molecule has 1 aromatic heterocycles. The number of thiazole rings is 1. The van der Waals surface area contributed by atoms with Gasteiger partial charge in [0.25, 0.3) is 0 Å². The third kappa shape index (κ3) is 6.13. The van der Waals surface area contributed by atoms with Crippen molar-refractivity contribution < 1.29 is 13.2 Å². The summed E-state index contributed by atoms with van der Waals surface area (Å²) in [6, 6.07) is 0. The second-order valence-electron chi connectivity index (χ2n) is 4.34. The van der Waals surface area contributed by atoms with Crippen molar-refractivity contribution in [2.24, 2.45) is 0 Å². The van der Waals surface area contributed by atoms with Crippen LogP contribution < -0.4 is 4.72 Å². The Morgan fingerprint density at radius 1 is 1.53 bits per heavy atom. The summed E-state index contributed by atoms with van der Waals surface area (Å²) in [5.74, 6) is -0.0710. The molecule has 0 aliphatic carbocycles. The highest BCUT2D eigenvalue weighted by molar-refractivity contribution is 7.88. The summed E-state index contributed by atoms with van der Waals surface area (Å²) in [4.78, 5) is 18.7. The molecule has 0 radical (unpaired) electrons. The van der Waals surface area contributed by atoms with Gasteiger partial charge in [0.05, 0.1) is 17.5 Å². The highest BCUT2D eigenvalue weighted by Crippen LogP contribution is 2.13. The van der Waals surface area contributed by atoms with Gasteiger partial charge in [0.15, 0.2) is 0 Å². The van der Waals surface area contributed by atoms with Crippen molar-refractivity contribution in [1.29, 1.82) is 0 Å². The molecule has 0 fully saturated rings. The lowest BCUT2D eigenvalue weighted by Gasteiger charge is -2.16. The summed E-state index contributed by atoms with van der Waals surface area (Å²) in [5.41, 5.74) is 2.80. The number of amides is 1. The fourth-order valence-corrected chi connectivity index (χ4v) is 2.74. The quantitative estimate of drug-likeness (QED) is 0.790. The normalized spacial score (nSPS) is 11.5. The van der Waals surface area contributed by atoms with Gasteiger partial charge in [-0.25, -0.2) is 18.1 Å². The number of sulfonamides is 1. The van der Waals surface area contributed by atoms with Gasteiger partial charge in [-0.3, -0.25) is 4.79 Å². The standard InChI is InChI=1S/C11H19N3O3S2/c1-9-10(18-8-12-9)5-7-14(2)11(15)4-6-13-19(3,16)17/h8,13H,4-7H2,1-3H3. The molecular formula is C11H19N3O3S2. The van der Waals surface area contributed by atoms with E-state index >= 15 is 0 Å². The van der Waals surface area contributed by atoms with Crippen molar-refractivity contribution in [1.82, 2.24) is 14.6 Å². The topological polar surface area (TPSA) is 79.4 Å². The predicted octanol–water partition coefficient (Wildman–Crippen LogP) is 0.392. The van der Waals surface area contributed by atoms with Crippen molar-refractivity contribution in [2.45, 2.75) is 19.8 Å². The Kier molecular flexibility index (Phi) is 5.89. The number of hydrogen-bond acceptors (Lipinski definition) is 5. The third-order valence-electron chi connectivity index (χ3n) is 2.65. The van der Waals surface area contributed by atoms with E-state index in [9.17, 15) is 13.2 Å². The van der Waals surface area contributed by atoms with E-state index in [0.29, 0.717) is 6.54 Å². The van der Waals surface area contributed by atoms with E-state index in [4.69, 9.17) is 0 Å². The fraction of sp³-hybridized carbons (Fsp3) is 0.636. The van der Waals surface area contributed by atoms with E-state index in [1.165, 1.54) is 4.88 Å². The molecule has 0 spiro atoms. The van der Waals surface area contributed by atoms with E-state index in [1.54, 1.807) is 28.8 Å². The number of nitrogens with zero attached hydrogens (tertiary/aromatic N) is 2. The van der Waals surface area contributed by atoms with Crippen LogP contribution >= 0.6 is 11.3 Å². The molecule has 0 aromatic carbocycles. The van der Waals surface area contributed by atoms with E-state index < -0.39 is 10.0 Å². The second kappa shape index (κ2) is 6.97. The average molecular weight is 305 g/mol. The van der Waals surface area contributed by atoms with Crippen LogP contribution in [0.25, 0.3) is 0 Å². The fourth-order valence-electron chi connectivity index (χ4n) is 1.49. The SMILES string of the molecule is Cc1ncsc1CCN(C)C(=O)CCNS(C)(=O)=O. The van der Waals surface area contributed by atoms with E-state index in [-0.39, 0.29) is 18.9 Å². The Bertz CT molecular complexity index is 525. The van der Waals surface area contributed by atoms with Crippen LogP contribution in [0.5, 0.6) is 0 Å². The molecule has 1 amide bonds. The molecule has 0 bridgehead atoms. The Labute approximate surface area is 117 Å². The zero-order chi connectivity index (χ0) is 14.5. The van der Waals surface area contributed by atoms with Gasteiger partial charge in [0.1, 0.15) is 0 Å². The summed E-state index contributed by atoms with van der Waals surface area (Å²) in [6.07, 6.45) is 2.03. The molecule has 1 heterocycles. The highest BCUT2D eigenvalue weighted by Gasteiger charge is 2.11. The molecular weight excluding hydrogens is 286 g/mol. The van der Waals surface area contributed by atoms with Crippen molar-refractivity contribution in [3.63, 3.8) is 0 Å². The lowest BCUT2D eigenvalue weighted by Crippen LogP contribution is -2.32. The van der Waals surface area contributed by atoms with E-state index in [2.05, 4.69) is 9.71 Å². The number of hydrogen-bond donors (Lipinski definition) is 1. The van der Waals surface area contributed by atoms with Gasteiger partial charge >= 0.3 is 0 Å². The molecule has 1 rings (SSSR count). The van der Waals surface area contributed by atoms with Gasteiger partial charge in [0, 0.05) is 37.9 Å². The van der Waals surface area contributed by atoms with E-state index in [1.807, 2.05) is 6.92 Å². The molecule has 0 unspecified atom stereocenters. The molecule has 0 aliphatic heterocycles. The maximum Gasteiger partial charge on any atom is 0.223 e. The molecule has 108 valence electrons.